The van der Waals surface area contributed by atoms with Gasteiger partial charge in [0.2, 0.25) is 11.8 Å². The molecule has 1 heterocycles. The van der Waals surface area contributed by atoms with Gasteiger partial charge in [-0.15, -0.1) is 0 Å². The van der Waals surface area contributed by atoms with Crippen molar-refractivity contribution in [3.05, 3.63) is 53.6 Å². The number of carbonyl (C=O) groups is 2. The molecule has 2 aromatic rings. The average molecular weight is 330 g/mol. The normalized spacial score (nSPS) is 16.6. The summed E-state index contributed by atoms with van der Waals surface area (Å²) in [5, 5.41) is 9.36. The van der Waals surface area contributed by atoms with Gasteiger partial charge in [0.05, 0.1) is 17.3 Å². The van der Waals surface area contributed by atoms with Crippen LogP contribution in [0.3, 0.4) is 0 Å². The van der Waals surface area contributed by atoms with Crippen LogP contribution in [0, 0.1) is 5.92 Å². The summed E-state index contributed by atoms with van der Waals surface area (Å²) in [5.41, 5.74) is 2.21. The molecule has 1 aliphatic rings. The molecule has 0 fully saturated rings. The Morgan fingerprint density at radius 2 is 1.96 bits per heavy atom. The molecule has 3 N–H and O–H groups in total. The third-order valence-electron chi connectivity index (χ3n) is 3.63. The van der Waals surface area contributed by atoms with Crippen LogP contribution in [0.25, 0.3) is 0 Å². The molecule has 0 spiro atoms. The van der Waals surface area contributed by atoms with Crippen molar-refractivity contribution in [3.8, 4) is 0 Å². The zero-order chi connectivity index (χ0) is 16.2. The maximum absolute atomic E-state index is 12.3. The van der Waals surface area contributed by atoms with E-state index in [1.165, 1.54) is 0 Å². The molecule has 23 heavy (non-hydrogen) atoms. The van der Waals surface area contributed by atoms with E-state index in [9.17, 15) is 9.59 Å². The Labute approximate surface area is 139 Å². The van der Waals surface area contributed by atoms with Gasteiger partial charge in [0.15, 0.2) is 0 Å². The summed E-state index contributed by atoms with van der Waals surface area (Å²) in [6.07, 6.45) is 0.0966. The van der Waals surface area contributed by atoms with Crippen LogP contribution < -0.4 is 16.0 Å². The topological polar surface area (TPSA) is 70.2 Å². The lowest BCUT2D eigenvalue weighted by molar-refractivity contribution is -0.124. The van der Waals surface area contributed by atoms with Crippen LogP contribution in [-0.2, 0) is 9.59 Å². The number of carbonyl (C=O) groups excluding carboxylic acids is 2. The monoisotopic (exact) mass is 329 g/mol. The number of para-hydroxylation sites is 2. The standard InChI is InChI=1S/C17H16ClN3O2/c18-12-4-3-5-13(9-12)20-16(22)8-11-10-19-14-6-1-2-7-15(14)21-17(11)23/h1-7,9,11,19H,8,10H2,(H,20,22)(H,21,23). The van der Waals surface area contributed by atoms with Gasteiger partial charge in [-0.2, -0.15) is 0 Å². The second-order valence-electron chi connectivity index (χ2n) is 5.38. The molecule has 6 heteroatoms. The fourth-order valence-corrected chi connectivity index (χ4v) is 2.66. The zero-order valence-corrected chi connectivity index (χ0v) is 13.1. The molecule has 1 unspecified atom stereocenters. The Kier molecular flexibility index (Phi) is 4.48. The van der Waals surface area contributed by atoms with Crippen molar-refractivity contribution >= 4 is 40.5 Å². The van der Waals surface area contributed by atoms with Crippen LogP contribution in [0.2, 0.25) is 5.02 Å². The minimum atomic E-state index is -0.443. The molecule has 118 valence electrons. The lowest BCUT2D eigenvalue weighted by atomic mass is 10.0. The first-order chi connectivity index (χ1) is 11.1. The minimum absolute atomic E-state index is 0.0966. The van der Waals surface area contributed by atoms with Crippen LogP contribution in [0.5, 0.6) is 0 Å². The van der Waals surface area contributed by atoms with Crippen molar-refractivity contribution in [2.24, 2.45) is 5.92 Å². The minimum Gasteiger partial charge on any atom is -0.383 e. The zero-order valence-electron chi connectivity index (χ0n) is 12.3. The number of amides is 2. The quantitative estimate of drug-likeness (QED) is 0.808. The van der Waals surface area contributed by atoms with Gasteiger partial charge < -0.3 is 16.0 Å². The summed E-state index contributed by atoms with van der Waals surface area (Å²) in [5.74, 6) is -0.828. The van der Waals surface area contributed by atoms with Crippen LogP contribution in [0.15, 0.2) is 48.5 Å². The molecule has 0 saturated carbocycles. The smallest absolute Gasteiger partial charge is 0.229 e. The van der Waals surface area contributed by atoms with Gasteiger partial charge >= 0.3 is 0 Å². The van der Waals surface area contributed by atoms with Crippen molar-refractivity contribution < 1.29 is 9.59 Å². The lowest BCUT2D eigenvalue weighted by Crippen LogP contribution is -2.30. The SMILES string of the molecule is O=C(CC1CNc2ccccc2NC1=O)Nc1cccc(Cl)c1. The molecule has 1 aliphatic heterocycles. The fourth-order valence-electron chi connectivity index (χ4n) is 2.47. The first-order valence-corrected chi connectivity index (χ1v) is 7.69. The van der Waals surface area contributed by atoms with Crippen LogP contribution in [0.1, 0.15) is 6.42 Å². The summed E-state index contributed by atoms with van der Waals surface area (Å²) in [4.78, 5) is 24.4. The van der Waals surface area contributed by atoms with E-state index < -0.39 is 5.92 Å². The van der Waals surface area contributed by atoms with Crippen molar-refractivity contribution in [2.75, 3.05) is 22.5 Å². The molecule has 2 amide bonds. The van der Waals surface area contributed by atoms with Gasteiger partial charge in [-0.05, 0) is 30.3 Å². The summed E-state index contributed by atoms with van der Waals surface area (Å²) >= 11 is 5.89. The third-order valence-corrected chi connectivity index (χ3v) is 3.87. The highest BCUT2D eigenvalue weighted by Crippen LogP contribution is 2.26. The number of hydrogen-bond donors (Lipinski definition) is 3. The Balaban J connectivity index is 1.64. The Morgan fingerprint density at radius 3 is 2.74 bits per heavy atom. The molecular formula is C17H16ClN3O2. The predicted molar refractivity (Wildman–Crippen MR) is 91.8 cm³/mol. The number of hydrogen-bond acceptors (Lipinski definition) is 3. The maximum atomic E-state index is 12.3. The van der Waals surface area contributed by atoms with E-state index in [1.807, 2.05) is 24.3 Å². The van der Waals surface area contributed by atoms with Gasteiger partial charge in [-0.1, -0.05) is 29.8 Å². The molecule has 5 nitrogen and oxygen atoms in total. The van der Waals surface area contributed by atoms with E-state index in [-0.39, 0.29) is 18.2 Å². The van der Waals surface area contributed by atoms with E-state index in [4.69, 9.17) is 11.6 Å². The molecule has 2 aromatic carbocycles. The second-order valence-corrected chi connectivity index (χ2v) is 5.81. The van der Waals surface area contributed by atoms with Gasteiger partial charge in [-0.25, -0.2) is 0 Å². The molecule has 0 saturated heterocycles. The summed E-state index contributed by atoms with van der Waals surface area (Å²) in [7, 11) is 0. The van der Waals surface area contributed by atoms with Crippen molar-refractivity contribution in [3.63, 3.8) is 0 Å². The summed E-state index contributed by atoms with van der Waals surface area (Å²) in [6.45, 7) is 0.409. The fraction of sp³-hybridized carbons (Fsp3) is 0.176. The second kappa shape index (κ2) is 6.71. The Morgan fingerprint density at radius 1 is 1.17 bits per heavy atom. The van der Waals surface area contributed by atoms with Crippen molar-refractivity contribution in [2.45, 2.75) is 6.42 Å². The molecule has 0 aromatic heterocycles. The van der Waals surface area contributed by atoms with E-state index >= 15 is 0 Å². The number of halogens is 1. The first kappa shape index (κ1) is 15.4. The highest BCUT2D eigenvalue weighted by Gasteiger charge is 2.25. The van der Waals surface area contributed by atoms with Crippen molar-refractivity contribution in [1.82, 2.24) is 0 Å². The number of benzene rings is 2. The predicted octanol–water partition coefficient (Wildman–Crippen LogP) is 3.35. The molecule has 0 radical (unpaired) electrons. The molecule has 3 rings (SSSR count). The Bertz CT molecular complexity index is 748. The third kappa shape index (κ3) is 3.81. The molecule has 0 aliphatic carbocycles. The number of anilines is 3. The number of nitrogens with one attached hydrogen (secondary N) is 3. The highest BCUT2D eigenvalue weighted by atomic mass is 35.5. The van der Waals surface area contributed by atoms with Gasteiger partial charge in [-0.3, -0.25) is 9.59 Å². The van der Waals surface area contributed by atoms with E-state index in [2.05, 4.69) is 16.0 Å². The lowest BCUT2D eigenvalue weighted by Gasteiger charge is -2.13. The molecule has 0 bridgehead atoms. The van der Waals surface area contributed by atoms with Crippen molar-refractivity contribution in [1.29, 1.82) is 0 Å². The van der Waals surface area contributed by atoms with Gasteiger partial charge in [0.25, 0.3) is 0 Å². The van der Waals surface area contributed by atoms with E-state index in [1.54, 1.807) is 24.3 Å². The largest absolute Gasteiger partial charge is 0.383 e. The van der Waals surface area contributed by atoms with E-state index in [0.29, 0.717) is 17.3 Å². The molecule has 1 atom stereocenters. The molecular weight excluding hydrogens is 314 g/mol. The van der Waals surface area contributed by atoms with Crippen LogP contribution in [-0.4, -0.2) is 18.4 Å². The number of fused-ring (bicyclic) bond motifs is 1. The highest BCUT2D eigenvalue weighted by molar-refractivity contribution is 6.30. The first-order valence-electron chi connectivity index (χ1n) is 7.31. The van der Waals surface area contributed by atoms with Gasteiger partial charge in [0, 0.05) is 23.7 Å². The van der Waals surface area contributed by atoms with Crippen LogP contribution >= 0.6 is 11.6 Å². The van der Waals surface area contributed by atoms with E-state index in [0.717, 1.165) is 11.4 Å². The number of rotatable bonds is 3. The van der Waals surface area contributed by atoms with Gasteiger partial charge in [0.1, 0.15) is 0 Å². The van der Waals surface area contributed by atoms with Crippen LogP contribution in [0.4, 0.5) is 17.1 Å². The maximum Gasteiger partial charge on any atom is 0.229 e. The Hall–Kier alpha value is -2.53. The summed E-state index contributed by atoms with van der Waals surface area (Å²) < 4.78 is 0. The average Bonchev–Trinajstić information content (AvgIpc) is 2.67. The summed E-state index contributed by atoms with van der Waals surface area (Å²) in [6, 6.07) is 14.4.